The molecule has 0 radical (unpaired) electrons. The van der Waals surface area contributed by atoms with Crippen LogP contribution < -0.4 is 11.1 Å². The van der Waals surface area contributed by atoms with Gasteiger partial charge in [0.15, 0.2) is 5.78 Å². The van der Waals surface area contributed by atoms with Gasteiger partial charge in [-0.05, 0) is 46.8 Å². The van der Waals surface area contributed by atoms with Gasteiger partial charge in [-0.1, -0.05) is 0 Å². The lowest BCUT2D eigenvalue weighted by Gasteiger charge is -2.22. The Bertz CT molecular complexity index is 374. The minimum absolute atomic E-state index is 0.0720. The standard InChI is InChI=1S/C14H27N3O3S/c1-10(18)12(17-13(19)20-14(3,4)5)6-8-21-9-7-16-11(2)15/h12H,6-9H2,1-5H3,(H2,15,16)(H,17,19)/t12-/m0/s1. The molecule has 7 heteroatoms. The van der Waals surface area contributed by atoms with E-state index in [1.807, 2.05) is 0 Å². The number of amides is 1. The predicted octanol–water partition coefficient (Wildman–Crippen LogP) is 1.97. The van der Waals surface area contributed by atoms with Crippen molar-refractivity contribution in [3.05, 3.63) is 0 Å². The molecule has 1 amide bonds. The second kappa shape index (κ2) is 9.65. The molecule has 0 saturated heterocycles. The Labute approximate surface area is 131 Å². The van der Waals surface area contributed by atoms with E-state index in [2.05, 4.69) is 10.3 Å². The first kappa shape index (κ1) is 19.8. The molecule has 0 bridgehead atoms. The van der Waals surface area contributed by atoms with Gasteiger partial charge in [-0.2, -0.15) is 11.8 Å². The quantitative estimate of drug-likeness (QED) is 0.405. The van der Waals surface area contributed by atoms with Gasteiger partial charge in [-0.15, -0.1) is 0 Å². The summed E-state index contributed by atoms with van der Waals surface area (Å²) >= 11 is 1.67. The fraction of sp³-hybridized carbons (Fsp3) is 0.786. The van der Waals surface area contributed by atoms with E-state index in [4.69, 9.17) is 10.5 Å². The van der Waals surface area contributed by atoms with Crippen molar-refractivity contribution in [2.24, 2.45) is 10.7 Å². The smallest absolute Gasteiger partial charge is 0.408 e. The molecule has 0 heterocycles. The summed E-state index contributed by atoms with van der Waals surface area (Å²) in [6, 6.07) is -0.507. The number of hydrogen-bond donors (Lipinski definition) is 2. The van der Waals surface area contributed by atoms with Crippen molar-refractivity contribution in [2.45, 2.75) is 52.7 Å². The number of nitrogens with one attached hydrogen (secondary N) is 1. The van der Waals surface area contributed by atoms with E-state index in [1.165, 1.54) is 6.92 Å². The fourth-order valence-corrected chi connectivity index (χ4v) is 2.24. The third-order valence-electron chi connectivity index (χ3n) is 2.33. The Morgan fingerprint density at radius 2 is 1.90 bits per heavy atom. The Kier molecular flexibility index (Phi) is 9.08. The van der Waals surface area contributed by atoms with E-state index in [9.17, 15) is 9.59 Å². The summed E-state index contributed by atoms with van der Waals surface area (Å²) in [6.07, 6.45) is 0.0148. The molecule has 0 aromatic heterocycles. The molecule has 0 aliphatic heterocycles. The first-order chi connectivity index (χ1) is 9.61. The second-order valence-corrected chi connectivity index (χ2v) is 6.96. The van der Waals surface area contributed by atoms with Crippen molar-refractivity contribution >= 4 is 29.5 Å². The van der Waals surface area contributed by atoms with Crippen LogP contribution in [0.25, 0.3) is 0 Å². The molecule has 0 spiro atoms. The summed E-state index contributed by atoms with van der Waals surface area (Å²) in [5.74, 6) is 2.10. The second-order valence-electron chi connectivity index (χ2n) is 5.73. The molecule has 0 rings (SSSR count). The van der Waals surface area contributed by atoms with Crippen molar-refractivity contribution in [2.75, 3.05) is 18.1 Å². The van der Waals surface area contributed by atoms with E-state index in [0.29, 0.717) is 18.8 Å². The van der Waals surface area contributed by atoms with Crippen molar-refractivity contribution in [1.29, 1.82) is 0 Å². The van der Waals surface area contributed by atoms with Crippen LogP contribution >= 0.6 is 11.8 Å². The number of carbonyl (C=O) groups is 2. The van der Waals surface area contributed by atoms with Gasteiger partial charge in [0.1, 0.15) is 5.60 Å². The maximum Gasteiger partial charge on any atom is 0.408 e. The number of thioether (sulfide) groups is 1. The van der Waals surface area contributed by atoms with Crippen LogP contribution in [0.1, 0.15) is 41.0 Å². The van der Waals surface area contributed by atoms with E-state index in [-0.39, 0.29) is 5.78 Å². The number of ketones is 1. The number of carbonyl (C=O) groups excluding carboxylic acids is 2. The highest BCUT2D eigenvalue weighted by Crippen LogP contribution is 2.09. The van der Waals surface area contributed by atoms with Gasteiger partial charge in [0.2, 0.25) is 0 Å². The number of alkyl carbamates (subject to hydrolysis) is 1. The Morgan fingerprint density at radius 1 is 1.29 bits per heavy atom. The molecule has 6 nitrogen and oxygen atoms in total. The molecular weight excluding hydrogens is 290 g/mol. The van der Waals surface area contributed by atoms with Crippen LogP contribution in [0, 0.1) is 0 Å². The molecule has 3 N–H and O–H groups in total. The molecule has 0 aliphatic rings. The maximum atomic E-state index is 11.7. The van der Waals surface area contributed by atoms with E-state index in [0.717, 1.165) is 11.5 Å². The summed E-state index contributed by atoms with van der Waals surface area (Å²) in [5, 5.41) is 2.61. The number of amidine groups is 1. The van der Waals surface area contributed by atoms with Gasteiger partial charge >= 0.3 is 6.09 Å². The predicted molar refractivity (Wildman–Crippen MR) is 87.9 cm³/mol. The zero-order chi connectivity index (χ0) is 16.5. The van der Waals surface area contributed by atoms with Gasteiger partial charge < -0.3 is 15.8 Å². The summed E-state index contributed by atoms with van der Waals surface area (Å²) in [4.78, 5) is 27.3. The third kappa shape index (κ3) is 12.2. The van der Waals surface area contributed by atoms with E-state index < -0.39 is 17.7 Å². The largest absolute Gasteiger partial charge is 0.444 e. The summed E-state index contributed by atoms with van der Waals surface area (Å²) in [5.41, 5.74) is 4.86. The zero-order valence-electron chi connectivity index (χ0n) is 13.6. The molecule has 21 heavy (non-hydrogen) atoms. The third-order valence-corrected chi connectivity index (χ3v) is 3.33. The number of hydrogen-bond acceptors (Lipinski definition) is 5. The topological polar surface area (TPSA) is 93.8 Å². The van der Waals surface area contributed by atoms with Crippen LogP contribution in [0.15, 0.2) is 4.99 Å². The minimum atomic E-state index is -0.571. The van der Waals surface area contributed by atoms with Gasteiger partial charge in [0.05, 0.1) is 11.9 Å². The highest BCUT2D eigenvalue weighted by Gasteiger charge is 2.21. The van der Waals surface area contributed by atoms with Crippen LogP contribution in [0.3, 0.4) is 0 Å². The summed E-state index contributed by atoms with van der Waals surface area (Å²) in [7, 11) is 0. The Morgan fingerprint density at radius 3 is 2.38 bits per heavy atom. The molecule has 0 saturated carbocycles. The first-order valence-corrected chi connectivity index (χ1v) is 8.11. The van der Waals surface area contributed by atoms with Gasteiger partial charge in [-0.3, -0.25) is 9.79 Å². The minimum Gasteiger partial charge on any atom is -0.444 e. The molecule has 0 fully saturated rings. The molecule has 1 atom stereocenters. The highest BCUT2D eigenvalue weighted by atomic mass is 32.2. The zero-order valence-corrected chi connectivity index (χ0v) is 14.4. The normalized spacial score (nSPS) is 13.7. The molecule has 0 unspecified atom stereocenters. The molecule has 0 aromatic carbocycles. The monoisotopic (exact) mass is 317 g/mol. The summed E-state index contributed by atoms with van der Waals surface area (Å²) < 4.78 is 5.15. The number of rotatable bonds is 8. The Balaban J connectivity index is 4.06. The summed E-state index contributed by atoms with van der Waals surface area (Å²) in [6.45, 7) is 9.23. The number of aliphatic imine (C=N–C) groups is 1. The number of nitrogens with two attached hydrogens (primary N) is 1. The lowest BCUT2D eigenvalue weighted by molar-refractivity contribution is -0.119. The molecular formula is C14H27N3O3S. The van der Waals surface area contributed by atoms with E-state index >= 15 is 0 Å². The van der Waals surface area contributed by atoms with Crippen molar-refractivity contribution in [3.63, 3.8) is 0 Å². The number of nitrogens with zero attached hydrogens (tertiary/aromatic N) is 1. The SMILES string of the molecule is CC(=O)[C@H](CCSCCN=C(C)N)NC(=O)OC(C)(C)C. The van der Waals surface area contributed by atoms with Crippen LogP contribution in [0.2, 0.25) is 0 Å². The molecule has 0 aliphatic carbocycles. The number of ether oxygens (including phenoxy) is 1. The average Bonchev–Trinajstić information content (AvgIpc) is 2.28. The number of Topliss-reactive ketones (excluding diaryl/α,β-unsaturated/α-hetero) is 1. The van der Waals surface area contributed by atoms with Gasteiger partial charge in [0, 0.05) is 12.3 Å². The van der Waals surface area contributed by atoms with Gasteiger partial charge in [0.25, 0.3) is 0 Å². The maximum absolute atomic E-state index is 11.7. The lowest BCUT2D eigenvalue weighted by Crippen LogP contribution is -2.43. The van der Waals surface area contributed by atoms with Crippen LogP contribution in [-0.4, -0.2) is 47.4 Å². The van der Waals surface area contributed by atoms with Crippen molar-refractivity contribution in [1.82, 2.24) is 5.32 Å². The van der Waals surface area contributed by atoms with Crippen LogP contribution in [-0.2, 0) is 9.53 Å². The van der Waals surface area contributed by atoms with Gasteiger partial charge in [-0.25, -0.2) is 4.79 Å². The Hall–Kier alpha value is -1.24. The highest BCUT2D eigenvalue weighted by molar-refractivity contribution is 7.99. The lowest BCUT2D eigenvalue weighted by atomic mass is 10.1. The van der Waals surface area contributed by atoms with Crippen molar-refractivity contribution in [3.8, 4) is 0 Å². The average molecular weight is 317 g/mol. The van der Waals surface area contributed by atoms with Crippen LogP contribution in [0.4, 0.5) is 4.79 Å². The van der Waals surface area contributed by atoms with Crippen molar-refractivity contribution < 1.29 is 14.3 Å². The molecule has 0 aromatic rings. The van der Waals surface area contributed by atoms with Crippen LogP contribution in [0.5, 0.6) is 0 Å². The van der Waals surface area contributed by atoms with E-state index in [1.54, 1.807) is 39.5 Å². The molecule has 122 valence electrons. The fourth-order valence-electron chi connectivity index (χ4n) is 1.42. The first-order valence-electron chi connectivity index (χ1n) is 6.96.